The standard InChI is InChI=1S/C10H11F2NO4S/c1-7-2-4-8(5-3-7)13(6-9(14)15)18(16,17)10(11)12/h2-5,10H,6H2,1H3,(H,14,15). The van der Waals surface area contributed by atoms with Crippen LogP contribution in [-0.4, -0.2) is 31.8 Å². The molecule has 0 heterocycles. The number of halogens is 2. The van der Waals surface area contributed by atoms with Crippen LogP contribution in [0.15, 0.2) is 24.3 Å². The predicted molar refractivity (Wildman–Crippen MR) is 61.1 cm³/mol. The predicted octanol–water partition coefficient (Wildman–Crippen LogP) is 1.44. The third-order valence-corrected chi connectivity index (χ3v) is 3.54. The lowest BCUT2D eigenvalue weighted by molar-refractivity contribution is -0.135. The van der Waals surface area contributed by atoms with E-state index in [4.69, 9.17) is 5.11 Å². The third-order valence-electron chi connectivity index (χ3n) is 2.13. The summed E-state index contributed by atoms with van der Waals surface area (Å²) < 4.78 is 47.8. The highest BCUT2D eigenvalue weighted by Gasteiger charge is 2.33. The molecule has 8 heteroatoms. The molecule has 0 aliphatic carbocycles. The minimum atomic E-state index is -4.98. The number of benzene rings is 1. The van der Waals surface area contributed by atoms with E-state index in [2.05, 4.69) is 0 Å². The zero-order chi connectivity index (χ0) is 13.9. The molecule has 1 rings (SSSR count). The van der Waals surface area contributed by atoms with Crippen LogP contribution in [0, 0.1) is 6.92 Å². The van der Waals surface area contributed by atoms with Crippen molar-refractivity contribution >= 4 is 21.7 Å². The fraction of sp³-hybridized carbons (Fsp3) is 0.300. The number of alkyl halides is 2. The van der Waals surface area contributed by atoms with E-state index in [1.165, 1.54) is 24.3 Å². The van der Waals surface area contributed by atoms with Crippen molar-refractivity contribution in [3.05, 3.63) is 29.8 Å². The van der Waals surface area contributed by atoms with Crippen molar-refractivity contribution in [2.75, 3.05) is 10.8 Å². The number of hydrogen-bond acceptors (Lipinski definition) is 3. The molecule has 0 aliphatic heterocycles. The lowest BCUT2D eigenvalue weighted by atomic mass is 10.2. The molecular formula is C10H11F2NO4S. The summed E-state index contributed by atoms with van der Waals surface area (Å²) in [6.45, 7) is 0.683. The Balaban J connectivity index is 3.22. The molecular weight excluding hydrogens is 268 g/mol. The lowest BCUT2D eigenvalue weighted by Gasteiger charge is -2.22. The Kier molecular flexibility index (Phi) is 4.23. The highest BCUT2D eigenvalue weighted by molar-refractivity contribution is 7.93. The molecule has 100 valence electrons. The molecule has 0 bridgehead atoms. The summed E-state index contributed by atoms with van der Waals surface area (Å²) in [4.78, 5) is 10.6. The Morgan fingerprint density at radius 3 is 2.22 bits per heavy atom. The Morgan fingerprint density at radius 1 is 1.33 bits per heavy atom. The van der Waals surface area contributed by atoms with Crippen LogP contribution in [0.25, 0.3) is 0 Å². The van der Waals surface area contributed by atoms with E-state index in [0.29, 0.717) is 0 Å². The highest BCUT2D eigenvalue weighted by atomic mass is 32.2. The molecule has 1 aromatic rings. The number of aliphatic carboxylic acids is 1. The largest absolute Gasteiger partial charge is 0.480 e. The second-order valence-corrected chi connectivity index (χ2v) is 5.37. The molecule has 0 saturated heterocycles. The quantitative estimate of drug-likeness (QED) is 0.885. The zero-order valence-electron chi connectivity index (χ0n) is 9.38. The topological polar surface area (TPSA) is 74.7 Å². The first kappa shape index (κ1) is 14.4. The van der Waals surface area contributed by atoms with Crippen LogP contribution in [0.4, 0.5) is 14.5 Å². The molecule has 5 nitrogen and oxygen atoms in total. The van der Waals surface area contributed by atoms with Crippen molar-refractivity contribution in [3.8, 4) is 0 Å². The summed E-state index contributed by atoms with van der Waals surface area (Å²) in [6.07, 6.45) is 0. The molecule has 0 saturated carbocycles. The van der Waals surface area contributed by atoms with Gasteiger partial charge >= 0.3 is 11.7 Å². The van der Waals surface area contributed by atoms with E-state index < -0.39 is 28.3 Å². The van der Waals surface area contributed by atoms with Gasteiger partial charge in [-0.3, -0.25) is 9.10 Å². The van der Waals surface area contributed by atoms with Gasteiger partial charge in [-0.25, -0.2) is 8.42 Å². The van der Waals surface area contributed by atoms with Crippen LogP contribution >= 0.6 is 0 Å². The maximum atomic E-state index is 12.5. The second kappa shape index (κ2) is 5.30. The van der Waals surface area contributed by atoms with Gasteiger partial charge in [0.05, 0.1) is 5.69 Å². The van der Waals surface area contributed by atoms with Gasteiger partial charge in [-0.05, 0) is 19.1 Å². The van der Waals surface area contributed by atoms with Gasteiger partial charge in [-0.2, -0.15) is 8.78 Å². The normalized spacial score (nSPS) is 11.6. The van der Waals surface area contributed by atoms with E-state index in [9.17, 15) is 22.0 Å². The molecule has 1 N–H and O–H groups in total. The molecule has 18 heavy (non-hydrogen) atoms. The van der Waals surface area contributed by atoms with E-state index in [0.717, 1.165) is 5.56 Å². The SMILES string of the molecule is Cc1ccc(N(CC(=O)O)S(=O)(=O)C(F)F)cc1. The van der Waals surface area contributed by atoms with Gasteiger partial charge in [0.1, 0.15) is 6.54 Å². The first-order valence-electron chi connectivity index (χ1n) is 4.83. The summed E-state index contributed by atoms with van der Waals surface area (Å²) in [6, 6.07) is 5.56. The maximum Gasteiger partial charge on any atom is 0.355 e. The average molecular weight is 279 g/mol. The number of nitrogens with zero attached hydrogens (tertiary/aromatic N) is 1. The van der Waals surface area contributed by atoms with Gasteiger partial charge in [0.2, 0.25) is 0 Å². The average Bonchev–Trinajstić information content (AvgIpc) is 2.26. The molecule has 1 aromatic carbocycles. The number of rotatable bonds is 5. The van der Waals surface area contributed by atoms with Crippen molar-refractivity contribution in [3.63, 3.8) is 0 Å². The number of carbonyl (C=O) groups is 1. The van der Waals surface area contributed by atoms with E-state index in [-0.39, 0.29) is 9.99 Å². The molecule has 0 spiro atoms. The summed E-state index contributed by atoms with van der Waals surface area (Å²) in [5, 5.41) is 8.59. The van der Waals surface area contributed by atoms with Crippen molar-refractivity contribution in [2.45, 2.75) is 12.7 Å². The lowest BCUT2D eigenvalue weighted by Crippen LogP contribution is -2.39. The summed E-state index contributed by atoms with van der Waals surface area (Å²) in [5.74, 6) is -5.18. The molecule has 0 amide bonds. The number of aryl methyl sites for hydroxylation is 1. The van der Waals surface area contributed by atoms with Crippen molar-refractivity contribution in [1.29, 1.82) is 0 Å². The number of carboxylic acid groups (broad SMARTS) is 1. The van der Waals surface area contributed by atoms with Crippen LogP contribution < -0.4 is 4.31 Å². The van der Waals surface area contributed by atoms with Gasteiger partial charge in [-0.1, -0.05) is 17.7 Å². The third kappa shape index (κ3) is 3.16. The van der Waals surface area contributed by atoms with Crippen molar-refractivity contribution < 1.29 is 27.1 Å². The Labute approximate surface area is 103 Å². The Morgan fingerprint density at radius 2 is 1.83 bits per heavy atom. The first-order chi connectivity index (χ1) is 8.25. The van der Waals surface area contributed by atoms with Crippen LogP contribution in [0.5, 0.6) is 0 Å². The van der Waals surface area contributed by atoms with Crippen LogP contribution in [0.1, 0.15) is 5.56 Å². The molecule has 0 fully saturated rings. The molecule has 0 unspecified atom stereocenters. The number of sulfonamides is 1. The molecule has 0 radical (unpaired) electrons. The van der Waals surface area contributed by atoms with Crippen molar-refractivity contribution in [1.82, 2.24) is 0 Å². The monoisotopic (exact) mass is 279 g/mol. The number of hydrogen-bond donors (Lipinski definition) is 1. The fourth-order valence-corrected chi connectivity index (χ4v) is 2.16. The second-order valence-electron chi connectivity index (χ2n) is 3.54. The van der Waals surface area contributed by atoms with Gasteiger partial charge in [0.15, 0.2) is 0 Å². The maximum absolute atomic E-state index is 12.5. The summed E-state index contributed by atoms with van der Waals surface area (Å²) >= 11 is 0. The van der Waals surface area contributed by atoms with Crippen LogP contribution in [-0.2, 0) is 14.8 Å². The van der Waals surface area contributed by atoms with Crippen molar-refractivity contribution in [2.24, 2.45) is 0 Å². The summed E-state index contributed by atoms with van der Waals surface area (Å²) in [7, 11) is -4.98. The highest BCUT2D eigenvalue weighted by Crippen LogP contribution is 2.22. The zero-order valence-corrected chi connectivity index (χ0v) is 10.2. The van der Waals surface area contributed by atoms with E-state index >= 15 is 0 Å². The van der Waals surface area contributed by atoms with Gasteiger partial charge in [0.25, 0.3) is 10.0 Å². The number of carboxylic acids is 1. The Bertz CT molecular complexity index is 527. The molecule has 0 atom stereocenters. The van der Waals surface area contributed by atoms with E-state index in [1.807, 2.05) is 0 Å². The fourth-order valence-electron chi connectivity index (χ4n) is 1.26. The molecule has 0 aromatic heterocycles. The van der Waals surface area contributed by atoms with E-state index in [1.54, 1.807) is 6.92 Å². The van der Waals surface area contributed by atoms with Gasteiger partial charge in [0, 0.05) is 0 Å². The number of anilines is 1. The Hall–Kier alpha value is -1.70. The summed E-state index contributed by atoms with van der Waals surface area (Å²) in [5.41, 5.74) is 0.687. The van der Waals surface area contributed by atoms with Gasteiger partial charge < -0.3 is 5.11 Å². The van der Waals surface area contributed by atoms with Gasteiger partial charge in [-0.15, -0.1) is 0 Å². The van der Waals surface area contributed by atoms with Crippen LogP contribution in [0.2, 0.25) is 0 Å². The minimum absolute atomic E-state index is 0.108. The van der Waals surface area contributed by atoms with Crippen LogP contribution in [0.3, 0.4) is 0 Å². The first-order valence-corrected chi connectivity index (χ1v) is 6.33. The smallest absolute Gasteiger partial charge is 0.355 e. The molecule has 0 aliphatic rings. The minimum Gasteiger partial charge on any atom is -0.480 e.